The Morgan fingerprint density at radius 1 is 1.32 bits per heavy atom. The maximum Gasteiger partial charge on any atom is 0.240 e. The molecule has 0 aromatic carbocycles. The molecule has 1 saturated heterocycles. The molecule has 4 heteroatoms. The molecule has 1 aliphatic heterocycles. The van der Waals surface area contributed by atoms with Crippen LogP contribution in [-0.4, -0.2) is 61.0 Å². The molecule has 0 spiro atoms. The van der Waals surface area contributed by atoms with Crippen molar-refractivity contribution in [3.05, 3.63) is 0 Å². The van der Waals surface area contributed by atoms with Crippen molar-refractivity contribution in [3.8, 4) is 0 Å². The fraction of sp³-hybridized carbons (Fsp3) is 0.933. The van der Waals surface area contributed by atoms with Crippen LogP contribution < -0.4 is 5.32 Å². The molecular formula is C15H31N3O. The van der Waals surface area contributed by atoms with Crippen LogP contribution in [0, 0.1) is 5.41 Å². The summed E-state index contributed by atoms with van der Waals surface area (Å²) in [6.45, 7) is 13.5. The summed E-state index contributed by atoms with van der Waals surface area (Å²) >= 11 is 0. The van der Waals surface area contributed by atoms with Gasteiger partial charge in [-0.05, 0) is 53.2 Å². The first kappa shape index (κ1) is 16.4. The summed E-state index contributed by atoms with van der Waals surface area (Å²) in [6.07, 6.45) is 0.870. The van der Waals surface area contributed by atoms with Crippen LogP contribution in [0.15, 0.2) is 0 Å². The van der Waals surface area contributed by atoms with Gasteiger partial charge in [0.1, 0.15) is 0 Å². The van der Waals surface area contributed by atoms with E-state index in [1.807, 2.05) is 7.05 Å². The van der Waals surface area contributed by atoms with Crippen molar-refractivity contribution in [3.63, 3.8) is 0 Å². The third-order valence-electron chi connectivity index (χ3n) is 3.82. The van der Waals surface area contributed by atoms with E-state index in [1.54, 1.807) is 0 Å². The molecule has 4 nitrogen and oxygen atoms in total. The number of carbonyl (C=O) groups is 1. The Labute approximate surface area is 118 Å². The normalized spacial score (nSPS) is 25.5. The third kappa shape index (κ3) is 4.18. The van der Waals surface area contributed by atoms with Gasteiger partial charge in [0, 0.05) is 18.6 Å². The van der Waals surface area contributed by atoms with Gasteiger partial charge in [-0.15, -0.1) is 0 Å². The van der Waals surface area contributed by atoms with E-state index in [-0.39, 0.29) is 22.9 Å². The van der Waals surface area contributed by atoms with Crippen LogP contribution in [0.3, 0.4) is 0 Å². The van der Waals surface area contributed by atoms with Gasteiger partial charge < -0.3 is 10.2 Å². The fourth-order valence-corrected chi connectivity index (χ4v) is 2.90. The molecule has 0 aromatic rings. The van der Waals surface area contributed by atoms with Crippen molar-refractivity contribution in [1.29, 1.82) is 0 Å². The Hall–Kier alpha value is -0.610. The minimum absolute atomic E-state index is 0.00606. The van der Waals surface area contributed by atoms with E-state index >= 15 is 0 Å². The van der Waals surface area contributed by atoms with Crippen molar-refractivity contribution < 1.29 is 4.79 Å². The quantitative estimate of drug-likeness (QED) is 0.844. The van der Waals surface area contributed by atoms with Crippen molar-refractivity contribution in [2.24, 2.45) is 5.41 Å². The lowest BCUT2D eigenvalue weighted by atomic mass is 9.91. The van der Waals surface area contributed by atoms with E-state index in [4.69, 9.17) is 0 Å². The van der Waals surface area contributed by atoms with Crippen LogP contribution in [0.5, 0.6) is 0 Å². The SMILES string of the molecule is CNCCC1C(=O)N(C(C)(C)C)CC(C)(C)CN1C. The molecular weight excluding hydrogens is 238 g/mol. The minimum Gasteiger partial charge on any atom is -0.336 e. The lowest BCUT2D eigenvalue weighted by Gasteiger charge is -2.39. The van der Waals surface area contributed by atoms with E-state index in [9.17, 15) is 4.79 Å². The zero-order valence-corrected chi connectivity index (χ0v) is 13.7. The lowest BCUT2D eigenvalue weighted by Crippen LogP contribution is -2.52. The molecule has 112 valence electrons. The molecule has 0 aromatic heterocycles. The first-order chi connectivity index (χ1) is 8.58. The first-order valence-electron chi connectivity index (χ1n) is 7.25. The number of nitrogens with one attached hydrogen (secondary N) is 1. The van der Waals surface area contributed by atoms with E-state index in [1.165, 1.54) is 0 Å². The highest BCUT2D eigenvalue weighted by Gasteiger charge is 2.41. The van der Waals surface area contributed by atoms with Crippen LogP contribution in [0.1, 0.15) is 41.0 Å². The van der Waals surface area contributed by atoms with E-state index in [0.29, 0.717) is 0 Å². The van der Waals surface area contributed by atoms with Gasteiger partial charge in [0.25, 0.3) is 0 Å². The standard InChI is InChI=1S/C15H31N3O/c1-14(2,3)18-11-15(4,5)10-17(7)12(13(18)19)8-9-16-6/h12,16H,8-11H2,1-7H3. The van der Waals surface area contributed by atoms with Gasteiger partial charge in [-0.1, -0.05) is 13.8 Å². The number of hydrogen-bond donors (Lipinski definition) is 1. The average Bonchev–Trinajstić information content (AvgIpc) is 2.31. The van der Waals surface area contributed by atoms with E-state index in [2.05, 4.69) is 56.8 Å². The zero-order valence-electron chi connectivity index (χ0n) is 13.7. The van der Waals surface area contributed by atoms with Crippen LogP contribution in [0.25, 0.3) is 0 Å². The van der Waals surface area contributed by atoms with Crippen LogP contribution in [-0.2, 0) is 4.79 Å². The highest BCUT2D eigenvalue weighted by Crippen LogP contribution is 2.29. The molecule has 0 saturated carbocycles. The zero-order chi connectivity index (χ0) is 14.8. The minimum atomic E-state index is -0.114. The van der Waals surface area contributed by atoms with E-state index in [0.717, 1.165) is 26.1 Å². The molecule has 1 unspecified atom stereocenters. The summed E-state index contributed by atoms with van der Waals surface area (Å²) in [7, 11) is 4.01. The Kier molecular flexibility index (Phi) is 5.02. The molecule has 1 atom stereocenters. The number of hydrogen-bond acceptors (Lipinski definition) is 3. The van der Waals surface area contributed by atoms with Gasteiger partial charge in [0.2, 0.25) is 5.91 Å². The van der Waals surface area contributed by atoms with Crippen molar-refractivity contribution in [1.82, 2.24) is 15.1 Å². The molecule has 0 aliphatic carbocycles. The predicted molar refractivity (Wildman–Crippen MR) is 80.2 cm³/mol. The van der Waals surface area contributed by atoms with Gasteiger partial charge in [0.05, 0.1) is 6.04 Å². The molecule has 0 radical (unpaired) electrons. The number of amides is 1. The summed E-state index contributed by atoms with van der Waals surface area (Å²) in [5.41, 5.74) is 0.0174. The fourth-order valence-electron chi connectivity index (χ4n) is 2.90. The lowest BCUT2D eigenvalue weighted by molar-refractivity contribution is -0.140. The smallest absolute Gasteiger partial charge is 0.240 e. The van der Waals surface area contributed by atoms with Gasteiger partial charge in [-0.25, -0.2) is 0 Å². The van der Waals surface area contributed by atoms with Gasteiger partial charge in [-0.3, -0.25) is 9.69 Å². The first-order valence-corrected chi connectivity index (χ1v) is 7.25. The Balaban J connectivity index is 3.02. The highest BCUT2D eigenvalue weighted by atomic mass is 16.2. The molecule has 1 amide bonds. The second-order valence-electron chi connectivity index (χ2n) is 7.58. The Morgan fingerprint density at radius 3 is 2.37 bits per heavy atom. The molecule has 19 heavy (non-hydrogen) atoms. The summed E-state index contributed by atoms with van der Waals surface area (Å²) in [5, 5.41) is 3.15. The van der Waals surface area contributed by atoms with Gasteiger partial charge in [-0.2, -0.15) is 0 Å². The summed E-state index contributed by atoms with van der Waals surface area (Å²) in [6, 6.07) is -0.00606. The topological polar surface area (TPSA) is 35.6 Å². The van der Waals surface area contributed by atoms with Gasteiger partial charge in [0.15, 0.2) is 0 Å². The Morgan fingerprint density at radius 2 is 1.89 bits per heavy atom. The van der Waals surface area contributed by atoms with E-state index < -0.39 is 0 Å². The summed E-state index contributed by atoms with van der Waals surface area (Å²) in [4.78, 5) is 17.1. The van der Waals surface area contributed by atoms with Crippen LogP contribution >= 0.6 is 0 Å². The number of rotatable bonds is 3. The third-order valence-corrected chi connectivity index (χ3v) is 3.82. The maximum atomic E-state index is 12.9. The predicted octanol–water partition coefficient (Wildman–Crippen LogP) is 1.56. The van der Waals surface area contributed by atoms with Crippen molar-refractivity contribution in [2.45, 2.75) is 52.6 Å². The van der Waals surface area contributed by atoms with Crippen LogP contribution in [0.2, 0.25) is 0 Å². The van der Waals surface area contributed by atoms with Crippen LogP contribution in [0.4, 0.5) is 0 Å². The number of likely N-dealkylation sites (N-methyl/N-ethyl adjacent to an activating group) is 1. The van der Waals surface area contributed by atoms with Crippen molar-refractivity contribution >= 4 is 5.91 Å². The second kappa shape index (κ2) is 5.80. The molecule has 1 rings (SSSR count). The summed E-state index contributed by atoms with van der Waals surface area (Å²) in [5.74, 6) is 0.274. The number of carbonyl (C=O) groups excluding carboxylic acids is 1. The van der Waals surface area contributed by atoms with Gasteiger partial charge >= 0.3 is 0 Å². The molecule has 1 fully saturated rings. The average molecular weight is 269 g/mol. The molecule has 1 heterocycles. The largest absolute Gasteiger partial charge is 0.336 e. The molecule has 0 bridgehead atoms. The monoisotopic (exact) mass is 269 g/mol. The maximum absolute atomic E-state index is 12.9. The Bertz CT molecular complexity index is 320. The second-order valence-corrected chi connectivity index (χ2v) is 7.58. The molecule has 1 N–H and O–H groups in total. The number of nitrogens with zero attached hydrogens (tertiary/aromatic N) is 2. The van der Waals surface area contributed by atoms with Crippen molar-refractivity contribution in [2.75, 3.05) is 33.7 Å². The highest BCUT2D eigenvalue weighted by molar-refractivity contribution is 5.83. The summed E-state index contributed by atoms with van der Waals surface area (Å²) < 4.78 is 0. The molecule has 1 aliphatic rings.